The number of ether oxygens (including phenoxy) is 1. The monoisotopic (exact) mass is 231 g/mol. The highest BCUT2D eigenvalue weighted by Gasteiger charge is 2.53. The third-order valence-electron chi connectivity index (χ3n) is 5.29. The van der Waals surface area contributed by atoms with Crippen molar-refractivity contribution in [1.82, 2.24) is 0 Å². The van der Waals surface area contributed by atoms with Gasteiger partial charge in [0.15, 0.2) is 0 Å². The maximum atomic E-state index is 8.70. The molecule has 17 heavy (non-hydrogen) atoms. The second kappa shape index (κ2) is 4.14. The van der Waals surface area contributed by atoms with E-state index in [1.54, 1.807) is 13.2 Å². The molecule has 0 aliphatic heterocycles. The number of rotatable bonds is 3. The van der Waals surface area contributed by atoms with Crippen molar-refractivity contribution in [3.63, 3.8) is 0 Å². The zero-order chi connectivity index (χ0) is 11.9. The highest BCUT2D eigenvalue weighted by atomic mass is 16.5. The molecule has 0 amide bonds. The molecule has 4 bridgehead atoms. The van der Waals surface area contributed by atoms with Crippen LogP contribution in [0.25, 0.3) is 0 Å². The van der Waals surface area contributed by atoms with E-state index in [4.69, 9.17) is 10.00 Å². The van der Waals surface area contributed by atoms with Crippen LogP contribution in [0.2, 0.25) is 0 Å². The molecule has 0 N–H and O–H groups in total. The van der Waals surface area contributed by atoms with Gasteiger partial charge in [-0.2, -0.15) is 5.26 Å². The van der Waals surface area contributed by atoms with Crippen LogP contribution in [-0.4, -0.2) is 13.2 Å². The van der Waals surface area contributed by atoms with E-state index in [-0.39, 0.29) is 6.10 Å². The first-order chi connectivity index (χ1) is 8.25. The number of hydrogen-bond donors (Lipinski definition) is 0. The number of allylic oxidation sites excluding steroid dienone is 1. The molecular formula is C15H21NO. The minimum absolute atomic E-state index is 0.163. The third-order valence-corrected chi connectivity index (χ3v) is 5.29. The van der Waals surface area contributed by atoms with Gasteiger partial charge in [-0.15, -0.1) is 0 Å². The van der Waals surface area contributed by atoms with Crippen LogP contribution in [0, 0.1) is 34.5 Å². The van der Waals surface area contributed by atoms with Crippen LogP contribution in [0.4, 0.5) is 0 Å². The van der Waals surface area contributed by atoms with Crippen molar-refractivity contribution >= 4 is 0 Å². The Morgan fingerprint density at radius 2 is 1.71 bits per heavy atom. The van der Waals surface area contributed by atoms with E-state index in [2.05, 4.69) is 6.07 Å². The molecule has 0 aromatic rings. The lowest BCUT2D eigenvalue weighted by Crippen LogP contribution is -2.51. The van der Waals surface area contributed by atoms with Gasteiger partial charge in [-0.1, -0.05) is 0 Å². The summed E-state index contributed by atoms with van der Waals surface area (Å²) < 4.78 is 5.70. The third kappa shape index (κ3) is 1.81. The molecule has 4 aliphatic rings. The molecule has 4 aliphatic carbocycles. The van der Waals surface area contributed by atoms with Crippen LogP contribution in [0.3, 0.4) is 0 Å². The van der Waals surface area contributed by atoms with Gasteiger partial charge in [0.1, 0.15) is 0 Å². The van der Waals surface area contributed by atoms with Crippen molar-refractivity contribution in [1.29, 1.82) is 5.26 Å². The minimum atomic E-state index is 0.163. The predicted molar refractivity (Wildman–Crippen MR) is 66.2 cm³/mol. The molecule has 4 saturated carbocycles. The van der Waals surface area contributed by atoms with Gasteiger partial charge in [0.25, 0.3) is 0 Å². The van der Waals surface area contributed by atoms with Gasteiger partial charge < -0.3 is 4.74 Å². The van der Waals surface area contributed by atoms with Crippen LogP contribution >= 0.6 is 0 Å². The maximum absolute atomic E-state index is 8.70. The normalized spacial score (nSPS) is 45.1. The Kier molecular flexibility index (Phi) is 2.75. The maximum Gasteiger partial charge on any atom is 0.0909 e. The second-order valence-electron chi connectivity index (χ2n) is 6.42. The lowest BCUT2D eigenvalue weighted by molar-refractivity contribution is -0.115. The van der Waals surface area contributed by atoms with E-state index >= 15 is 0 Å². The first-order valence-electron chi connectivity index (χ1n) is 6.85. The van der Waals surface area contributed by atoms with E-state index in [9.17, 15) is 0 Å². The summed E-state index contributed by atoms with van der Waals surface area (Å²) in [7, 11) is 1.80. The van der Waals surface area contributed by atoms with Crippen LogP contribution in [0.1, 0.15) is 38.5 Å². The van der Waals surface area contributed by atoms with Gasteiger partial charge in [0.05, 0.1) is 12.2 Å². The largest absolute Gasteiger partial charge is 0.377 e. The molecule has 0 heterocycles. The molecule has 1 atom stereocenters. The summed E-state index contributed by atoms with van der Waals surface area (Å²) in [4.78, 5) is 0. The summed E-state index contributed by atoms with van der Waals surface area (Å²) in [5.41, 5.74) is 0.358. The zero-order valence-electron chi connectivity index (χ0n) is 10.6. The number of nitrogens with zero attached hydrogens (tertiary/aromatic N) is 1. The molecule has 0 radical (unpaired) electrons. The van der Waals surface area contributed by atoms with Crippen molar-refractivity contribution in [3.8, 4) is 6.07 Å². The average Bonchev–Trinajstić information content (AvgIpc) is 2.27. The summed E-state index contributed by atoms with van der Waals surface area (Å²) in [6, 6.07) is 2.10. The van der Waals surface area contributed by atoms with Gasteiger partial charge in [-0.05, 0) is 62.4 Å². The Balaban J connectivity index is 1.85. The molecule has 4 rings (SSSR count). The minimum Gasteiger partial charge on any atom is -0.377 e. The SMILES string of the molecule is COC(/C=C/C#N)C12CC3CC(CC(C3)C1)C2. The number of methoxy groups -OCH3 is 1. The molecule has 0 saturated heterocycles. The predicted octanol–water partition coefficient (Wildman–Crippen LogP) is 3.30. The molecule has 92 valence electrons. The Bertz CT molecular complexity index is 330. The smallest absolute Gasteiger partial charge is 0.0909 e. The summed E-state index contributed by atoms with van der Waals surface area (Å²) in [5, 5.41) is 8.70. The molecule has 0 aromatic carbocycles. The molecule has 0 aromatic heterocycles. The fourth-order valence-corrected chi connectivity index (χ4v) is 5.19. The first-order valence-corrected chi connectivity index (χ1v) is 6.85. The summed E-state index contributed by atoms with van der Waals surface area (Å²) >= 11 is 0. The van der Waals surface area contributed by atoms with E-state index in [1.165, 1.54) is 38.5 Å². The lowest BCUT2D eigenvalue weighted by atomic mass is 9.48. The zero-order valence-corrected chi connectivity index (χ0v) is 10.6. The Hall–Kier alpha value is -0.810. The highest BCUT2D eigenvalue weighted by Crippen LogP contribution is 2.61. The van der Waals surface area contributed by atoms with E-state index in [0.29, 0.717) is 5.41 Å². The molecule has 0 spiro atoms. The van der Waals surface area contributed by atoms with Crippen molar-refractivity contribution < 1.29 is 4.74 Å². The fourth-order valence-electron chi connectivity index (χ4n) is 5.19. The van der Waals surface area contributed by atoms with E-state index in [0.717, 1.165) is 17.8 Å². The lowest BCUT2D eigenvalue weighted by Gasteiger charge is -2.58. The second-order valence-corrected chi connectivity index (χ2v) is 6.42. The fraction of sp³-hybridized carbons (Fsp3) is 0.800. The van der Waals surface area contributed by atoms with Crippen molar-refractivity contribution in [2.24, 2.45) is 23.2 Å². The number of nitriles is 1. The Labute approximate surface area is 104 Å². The van der Waals surface area contributed by atoms with E-state index in [1.807, 2.05) is 6.08 Å². The van der Waals surface area contributed by atoms with Gasteiger partial charge >= 0.3 is 0 Å². The topological polar surface area (TPSA) is 33.0 Å². The Morgan fingerprint density at radius 1 is 1.18 bits per heavy atom. The average molecular weight is 231 g/mol. The van der Waals surface area contributed by atoms with Crippen molar-refractivity contribution in [3.05, 3.63) is 12.2 Å². The molecule has 2 nitrogen and oxygen atoms in total. The van der Waals surface area contributed by atoms with Gasteiger partial charge in [-0.25, -0.2) is 0 Å². The van der Waals surface area contributed by atoms with Gasteiger partial charge in [0.2, 0.25) is 0 Å². The van der Waals surface area contributed by atoms with Crippen LogP contribution in [0.15, 0.2) is 12.2 Å². The van der Waals surface area contributed by atoms with Crippen molar-refractivity contribution in [2.45, 2.75) is 44.6 Å². The van der Waals surface area contributed by atoms with E-state index < -0.39 is 0 Å². The van der Waals surface area contributed by atoms with Gasteiger partial charge in [0, 0.05) is 18.6 Å². The quantitative estimate of drug-likeness (QED) is 0.698. The molecular weight excluding hydrogens is 210 g/mol. The van der Waals surface area contributed by atoms with Crippen LogP contribution in [-0.2, 0) is 4.74 Å². The first kappa shape index (κ1) is 11.3. The van der Waals surface area contributed by atoms with Crippen molar-refractivity contribution in [2.75, 3.05) is 7.11 Å². The Morgan fingerprint density at radius 3 is 2.12 bits per heavy atom. The van der Waals surface area contributed by atoms with Crippen LogP contribution < -0.4 is 0 Å². The summed E-state index contributed by atoms with van der Waals surface area (Å²) in [6.45, 7) is 0. The number of hydrogen-bond acceptors (Lipinski definition) is 2. The standard InChI is InChI=1S/C15H21NO/c1-17-14(3-2-4-16)15-8-11-5-12(9-15)7-13(6-11)10-15/h2-3,11-14H,5-10H2,1H3/b3-2+. The molecule has 2 heteroatoms. The van der Waals surface area contributed by atoms with Crippen LogP contribution in [0.5, 0.6) is 0 Å². The highest BCUT2D eigenvalue weighted by molar-refractivity contribution is 5.13. The molecule has 1 unspecified atom stereocenters. The van der Waals surface area contributed by atoms with Gasteiger partial charge in [-0.3, -0.25) is 0 Å². The molecule has 4 fully saturated rings. The summed E-state index contributed by atoms with van der Waals surface area (Å²) in [5.74, 6) is 2.82. The summed E-state index contributed by atoms with van der Waals surface area (Å²) in [6.07, 6.45) is 12.1.